The Morgan fingerprint density at radius 1 is 1.31 bits per heavy atom. The molecule has 7 heteroatoms. The van der Waals surface area contributed by atoms with Gasteiger partial charge >= 0.3 is 0 Å². The summed E-state index contributed by atoms with van der Waals surface area (Å²) < 4.78 is 23.9. The van der Waals surface area contributed by atoms with Gasteiger partial charge in [-0.3, -0.25) is 9.52 Å². The van der Waals surface area contributed by atoms with Crippen LogP contribution in [0, 0.1) is 0 Å². The first-order chi connectivity index (χ1) is 7.31. The van der Waals surface area contributed by atoms with Crippen molar-refractivity contribution in [2.45, 2.75) is 0 Å². The normalized spacial score (nSPS) is 10.9. The van der Waals surface area contributed by atoms with Gasteiger partial charge in [0.05, 0.1) is 11.3 Å². The summed E-state index contributed by atoms with van der Waals surface area (Å²) in [6.07, 6.45) is 0. The molecule has 0 spiro atoms. The highest BCUT2D eigenvalue weighted by Crippen LogP contribution is 2.16. The van der Waals surface area contributed by atoms with Gasteiger partial charge in [-0.2, -0.15) is 8.42 Å². The highest BCUT2D eigenvalue weighted by atomic mass is 32.2. The number of amides is 1. The first kappa shape index (κ1) is 12.5. The van der Waals surface area contributed by atoms with E-state index in [1.807, 2.05) is 0 Å². The zero-order chi connectivity index (χ0) is 12.3. The van der Waals surface area contributed by atoms with E-state index < -0.39 is 10.2 Å². The van der Waals surface area contributed by atoms with Gasteiger partial charge in [0.25, 0.3) is 16.1 Å². The van der Waals surface area contributed by atoms with Gasteiger partial charge < -0.3 is 4.90 Å². The maximum atomic E-state index is 11.7. The van der Waals surface area contributed by atoms with Crippen molar-refractivity contribution in [3.05, 3.63) is 29.8 Å². The average molecular weight is 243 g/mol. The van der Waals surface area contributed by atoms with Gasteiger partial charge in [0.15, 0.2) is 0 Å². The molecule has 0 atom stereocenters. The van der Waals surface area contributed by atoms with E-state index in [0.717, 1.165) is 0 Å². The van der Waals surface area contributed by atoms with E-state index in [9.17, 15) is 13.2 Å². The van der Waals surface area contributed by atoms with Crippen molar-refractivity contribution in [3.63, 3.8) is 0 Å². The van der Waals surface area contributed by atoms with Gasteiger partial charge in [-0.25, -0.2) is 5.14 Å². The lowest BCUT2D eigenvalue weighted by Gasteiger charge is -2.14. The molecule has 0 aliphatic carbocycles. The zero-order valence-corrected chi connectivity index (χ0v) is 9.78. The van der Waals surface area contributed by atoms with Gasteiger partial charge in [0.2, 0.25) is 0 Å². The molecule has 1 amide bonds. The topological polar surface area (TPSA) is 92.5 Å². The van der Waals surface area contributed by atoms with E-state index in [1.54, 1.807) is 26.2 Å². The lowest BCUT2D eigenvalue weighted by molar-refractivity contribution is 0.0828. The fourth-order valence-corrected chi connectivity index (χ4v) is 1.64. The second kappa shape index (κ2) is 4.50. The standard InChI is InChI=1S/C9H13N3O3S/c1-12(2)9(13)7-5-3-4-6-8(7)11-16(10,14)15/h3-6,11H,1-2H3,(H2,10,14,15). The Morgan fingerprint density at radius 3 is 2.38 bits per heavy atom. The number of hydrogen-bond acceptors (Lipinski definition) is 3. The molecule has 0 aliphatic heterocycles. The van der Waals surface area contributed by atoms with Crippen molar-refractivity contribution >= 4 is 21.8 Å². The fraction of sp³-hybridized carbons (Fsp3) is 0.222. The molecule has 1 rings (SSSR count). The van der Waals surface area contributed by atoms with Crippen molar-refractivity contribution in [1.82, 2.24) is 4.90 Å². The van der Waals surface area contributed by atoms with Gasteiger partial charge in [0.1, 0.15) is 0 Å². The molecule has 3 N–H and O–H groups in total. The monoisotopic (exact) mass is 243 g/mol. The maximum Gasteiger partial charge on any atom is 0.296 e. The van der Waals surface area contributed by atoms with Crippen LogP contribution in [-0.2, 0) is 10.2 Å². The van der Waals surface area contributed by atoms with Gasteiger partial charge in [-0.05, 0) is 12.1 Å². The zero-order valence-electron chi connectivity index (χ0n) is 8.97. The minimum atomic E-state index is -3.88. The lowest BCUT2D eigenvalue weighted by atomic mass is 10.1. The van der Waals surface area contributed by atoms with Crippen LogP contribution in [0.25, 0.3) is 0 Å². The van der Waals surface area contributed by atoms with Gasteiger partial charge in [-0.1, -0.05) is 12.1 Å². The minimum absolute atomic E-state index is 0.170. The molecule has 0 aromatic heterocycles. The number of carbonyl (C=O) groups excluding carboxylic acids is 1. The van der Waals surface area contributed by atoms with E-state index in [1.165, 1.54) is 17.0 Å². The quantitative estimate of drug-likeness (QED) is 0.782. The molecular weight excluding hydrogens is 230 g/mol. The summed E-state index contributed by atoms with van der Waals surface area (Å²) in [6.45, 7) is 0. The summed E-state index contributed by atoms with van der Waals surface area (Å²) >= 11 is 0. The molecule has 1 aromatic carbocycles. The van der Waals surface area contributed by atoms with Crippen LogP contribution in [0.1, 0.15) is 10.4 Å². The Kier molecular flexibility index (Phi) is 3.51. The summed E-state index contributed by atoms with van der Waals surface area (Å²) in [5.74, 6) is -0.299. The SMILES string of the molecule is CN(C)C(=O)c1ccccc1NS(N)(=O)=O. The van der Waals surface area contributed by atoms with Gasteiger partial charge in [0, 0.05) is 14.1 Å². The van der Waals surface area contributed by atoms with Crippen LogP contribution in [0.3, 0.4) is 0 Å². The van der Waals surface area contributed by atoms with Crippen LogP contribution in [0.15, 0.2) is 24.3 Å². The van der Waals surface area contributed by atoms with E-state index in [4.69, 9.17) is 5.14 Å². The highest BCUT2D eigenvalue weighted by Gasteiger charge is 2.14. The summed E-state index contributed by atoms with van der Waals surface area (Å²) in [5.41, 5.74) is 0.422. The number of nitrogens with one attached hydrogen (secondary N) is 1. The minimum Gasteiger partial charge on any atom is -0.345 e. The van der Waals surface area contributed by atoms with Crippen LogP contribution >= 0.6 is 0 Å². The Bertz CT molecular complexity index is 496. The maximum absolute atomic E-state index is 11.7. The number of benzene rings is 1. The third-order valence-electron chi connectivity index (χ3n) is 1.82. The molecule has 6 nitrogen and oxygen atoms in total. The van der Waals surface area contributed by atoms with Crippen molar-refractivity contribution in [2.75, 3.05) is 18.8 Å². The molecule has 0 bridgehead atoms. The number of rotatable bonds is 3. The lowest BCUT2D eigenvalue weighted by Crippen LogP contribution is -2.26. The van der Waals surface area contributed by atoms with Crippen LogP contribution < -0.4 is 9.86 Å². The Balaban J connectivity index is 3.16. The number of para-hydroxylation sites is 1. The molecule has 0 radical (unpaired) electrons. The first-order valence-electron chi connectivity index (χ1n) is 4.42. The molecule has 0 saturated carbocycles. The van der Waals surface area contributed by atoms with Crippen LogP contribution in [0.4, 0.5) is 5.69 Å². The molecule has 88 valence electrons. The molecule has 1 aromatic rings. The Labute approximate surface area is 94.2 Å². The highest BCUT2D eigenvalue weighted by molar-refractivity contribution is 7.90. The predicted octanol–water partition coefficient (Wildman–Crippen LogP) is 0.00380. The first-order valence-corrected chi connectivity index (χ1v) is 5.97. The molecule has 16 heavy (non-hydrogen) atoms. The summed E-state index contributed by atoms with van der Waals surface area (Å²) in [7, 11) is -0.721. The van der Waals surface area contributed by atoms with E-state index in [0.29, 0.717) is 0 Å². The van der Waals surface area contributed by atoms with Crippen LogP contribution in [0.5, 0.6) is 0 Å². The Morgan fingerprint density at radius 2 is 1.88 bits per heavy atom. The second-order valence-corrected chi connectivity index (χ2v) is 4.69. The third kappa shape index (κ3) is 3.21. The van der Waals surface area contributed by atoms with Gasteiger partial charge in [-0.15, -0.1) is 0 Å². The van der Waals surface area contributed by atoms with E-state index in [-0.39, 0.29) is 17.2 Å². The molecule has 0 unspecified atom stereocenters. The van der Waals surface area contributed by atoms with E-state index in [2.05, 4.69) is 4.72 Å². The fourth-order valence-electron chi connectivity index (χ4n) is 1.15. The van der Waals surface area contributed by atoms with Crippen molar-refractivity contribution in [2.24, 2.45) is 5.14 Å². The molecular formula is C9H13N3O3S. The number of nitrogens with two attached hydrogens (primary N) is 1. The van der Waals surface area contributed by atoms with Crippen molar-refractivity contribution in [1.29, 1.82) is 0 Å². The summed E-state index contributed by atoms with van der Waals surface area (Å²) in [5, 5.41) is 4.85. The number of nitrogens with zero attached hydrogens (tertiary/aromatic N) is 1. The van der Waals surface area contributed by atoms with E-state index >= 15 is 0 Å². The molecule has 0 heterocycles. The largest absolute Gasteiger partial charge is 0.345 e. The van der Waals surface area contributed by atoms with Crippen molar-refractivity contribution < 1.29 is 13.2 Å². The average Bonchev–Trinajstić information content (AvgIpc) is 2.15. The summed E-state index contributed by atoms with van der Waals surface area (Å²) in [6, 6.07) is 6.25. The van der Waals surface area contributed by atoms with Crippen LogP contribution in [0.2, 0.25) is 0 Å². The van der Waals surface area contributed by atoms with Crippen LogP contribution in [-0.4, -0.2) is 33.3 Å². The molecule has 0 fully saturated rings. The number of anilines is 1. The number of hydrogen-bond donors (Lipinski definition) is 2. The number of carbonyl (C=O) groups is 1. The smallest absolute Gasteiger partial charge is 0.296 e. The Hall–Kier alpha value is -1.60. The predicted molar refractivity (Wildman–Crippen MR) is 61.2 cm³/mol. The summed E-state index contributed by atoms with van der Waals surface area (Å²) in [4.78, 5) is 13.1. The molecule has 0 saturated heterocycles. The second-order valence-electron chi connectivity index (χ2n) is 3.39. The molecule has 0 aliphatic rings. The third-order valence-corrected chi connectivity index (χ3v) is 2.32. The van der Waals surface area contributed by atoms with Crippen molar-refractivity contribution in [3.8, 4) is 0 Å².